The van der Waals surface area contributed by atoms with Crippen LogP contribution in [0, 0.1) is 25.2 Å². The minimum atomic E-state index is -0.327. The molecule has 0 unspecified atom stereocenters. The summed E-state index contributed by atoms with van der Waals surface area (Å²) in [6.07, 6.45) is 0. The van der Waals surface area contributed by atoms with E-state index in [1.54, 1.807) is 6.07 Å². The average molecular weight is 513 g/mol. The molecule has 1 aromatic heterocycles. The van der Waals surface area contributed by atoms with E-state index in [9.17, 15) is 10.1 Å². The first-order valence-electron chi connectivity index (χ1n) is 13.1. The number of piperazine rings is 1. The second-order valence-electron chi connectivity index (χ2n) is 10.3. The van der Waals surface area contributed by atoms with Crippen LogP contribution in [-0.4, -0.2) is 53.0 Å². The number of carbonyl (C=O) groups excluding carboxylic acids is 1. The summed E-state index contributed by atoms with van der Waals surface area (Å²) in [4.78, 5) is 25.7. The van der Waals surface area contributed by atoms with E-state index in [4.69, 9.17) is 20.4 Å². The molecule has 8 nitrogen and oxygen atoms in total. The van der Waals surface area contributed by atoms with Crippen LogP contribution in [-0.2, 0) is 11.4 Å². The Morgan fingerprint density at radius 1 is 1.18 bits per heavy atom. The van der Waals surface area contributed by atoms with E-state index in [0.717, 1.165) is 28.4 Å². The number of aryl methyl sites for hydroxylation is 2. The molecule has 1 fully saturated rings. The summed E-state index contributed by atoms with van der Waals surface area (Å²) in [6.45, 7) is 13.0. The molecule has 2 aromatic carbocycles. The van der Waals surface area contributed by atoms with Gasteiger partial charge in [0.1, 0.15) is 18.2 Å². The van der Waals surface area contributed by atoms with Crippen LogP contribution in [0.5, 0.6) is 5.75 Å². The van der Waals surface area contributed by atoms with Gasteiger partial charge in [-0.1, -0.05) is 38.1 Å². The van der Waals surface area contributed by atoms with Crippen LogP contribution in [0.25, 0.3) is 11.4 Å². The minimum absolute atomic E-state index is 0.111. The molecular formula is C30H36N6O2. The Hall–Kier alpha value is -3.96. The maximum absolute atomic E-state index is 11.5. The lowest BCUT2D eigenvalue weighted by molar-refractivity contribution is -0.119. The molecule has 0 bridgehead atoms. The van der Waals surface area contributed by atoms with Crippen LogP contribution in [0.15, 0.2) is 42.5 Å². The van der Waals surface area contributed by atoms with Gasteiger partial charge in [-0.2, -0.15) is 5.26 Å². The van der Waals surface area contributed by atoms with Crippen molar-refractivity contribution >= 4 is 11.7 Å². The lowest BCUT2D eigenvalue weighted by Gasteiger charge is -2.40. The third-order valence-corrected chi connectivity index (χ3v) is 7.15. The molecule has 4 rings (SSSR count). The molecule has 2 heterocycles. The van der Waals surface area contributed by atoms with Crippen molar-refractivity contribution in [2.24, 2.45) is 5.73 Å². The van der Waals surface area contributed by atoms with Crippen molar-refractivity contribution in [3.05, 3.63) is 70.4 Å². The first-order valence-corrected chi connectivity index (χ1v) is 13.1. The summed E-state index contributed by atoms with van der Waals surface area (Å²) in [5, 5.41) is 9.68. The van der Waals surface area contributed by atoms with Gasteiger partial charge in [-0.3, -0.25) is 9.69 Å². The fraction of sp³-hybridized carbons (Fsp3) is 0.400. The molecule has 1 aliphatic rings. The maximum Gasteiger partial charge on any atom is 0.231 e. The number of amides is 1. The summed E-state index contributed by atoms with van der Waals surface area (Å²) in [7, 11) is 0. The van der Waals surface area contributed by atoms with Gasteiger partial charge in [-0.25, -0.2) is 9.97 Å². The molecule has 1 saturated heterocycles. The number of nitrogens with zero attached hydrogens (tertiary/aromatic N) is 5. The number of nitrogens with two attached hydrogens (primary N) is 1. The van der Waals surface area contributed by atoms with Gasteiger partial charge >= 0.3 is 0 Å². The molecule has 1 aliphatic heterocycles. The predicted molar refractivity (Wildman–Crippen MR) is 149 cm³/mol. The largest absolute Gasteiger partial charge is 0.488 e. The number of aromatic nitrogens is 2. The summed E-state index contributed by atoms with van der Waals surface area (Å²) in [5.41, 5.74) is 10.7. The average Bonchev–Trinajstić information content (AvgIpc) is 2.89. The van der Waals surface area contributed by atoms with E-state index < -0.39 is 0 Å². The zero-order valence-corrected chi connectivity index (χ0v) is 22.9. The lowest BCUT2D eigenvalue weighted by atomic mass is 10.0. The van der Waals surface area contributed by atoms with E-state index in [1.165, 1.54) is 5.56 Å². The number of hydrogen-bond acceptors (Lipinski definition) is 7. The molecule has 3 aromatic rings. The van der Waals surface area contributed by atoms with Crippen molar-refractivity contribution in [3.63, 3.8) is 0 Å². The lowest BCUT2D eigenvalue weighted by Crippen LogP contribution is -2.54. The van der Waals surface area contributed by atoms with E-state index >= 15 is 0 Å². The fourth-order valence-electron chi connectivity index (χ4n) is 4.81. The zero-order chi connectivity index (χ0) is 27.4. The van der Waals surface area contributed by atoms with Gasteiger partial charge in [-0.05, 0) is 56.0 Å². The van der Waals surface area contributed by atoms with E-state index in [1.807, 2.05) is 32.0 Å². The number of ether oxygens (including phenoxy) is 1. The van der Waals surface area contributed by atoms with Crippen molar-refractivity contribution in [2.75, 3.05) is 31.1 Å². The van der Waals surface area contributed by atoms with Crippen molar-refractivity contribution in [1.82, 2.24) is 14.9 Å². The molecule has 198 valence electrons. The topological polar surface area (TPSA) is 108 Å². The van der Waals surface area contributed by atoms with Gasteiger partial charge in [0, 0.05) is 31.2 Å². The monoisotopic (exact) mass is 512 g/mol. The Bertz CT molecular complexity index is 1360. The van der Waals surface area contributed by atoms with Crippen molar-refractivity contribution in [3.8, 4) is 23.2 Å². The second kappa shape index (κ2) is 11.6. The Morgan fingerprint density at radius 2 is 1.95 bits per heavy atom. The third-order valence-electron chi connectivity index (χ3n) is 7.15. The number of benzene rings is 2. The maximum atomic E-state index is 11.5. The number of carbonyl (C=O) groups is 1. The molecule has 0 saturated carbocycles. The van der Waals surface area contributed by atoms with Gasteiger partial charge in [0.15, 0.2) is 5.82 Å². The van der Waals surface area contributed by atoms with E-state index in [0.29, 0.717) is 49.1 Å². The SMILES string of the molecule is Cc1ccc(C(C)C)cc1OCc1c(C)nc(-c2ccccc2C#N)nc1N1CCN(CC(N)=O)[C@H](C)C1. The number of rotatable bonds is 8. The van der Waals surface area contributed by atoms with E-state index in [-0.39, 0.29) is 18.5 Å². The highest BCUT2D eigenvalue weighted by Gasteiger charge is 2.28. The van der Waals surface area contributed by atoms with Crippen LogP contribution >= 0.6 is 0 Å². The van der Waals surface area contributed by atoms with Gasteiger partial charge < -0.3 is 15.4 Å². The smallest absolute Gasteiger partial charge is 0.231 e. The van der Waals surface area contributed by atoms with Gasteiger partial charge in [0.2, 0.25) is 5.91 Å². The number of nitriles is 1. The van der Waals surface area contributed by atoms with E-state index in [2.05, 4.69) is 54.8 Å². The molecule has 1 amide bonds. The van der Waals surface area contributed by atoms with Crippen LogP contribution in [0.1, 0.15) is 54.6 Å². The second-order valence-corrected chi connectivity index (χ2v) is 10.3. The Kier molecular flexibility index (Phi) is 8.28. The molecule has 0 radical (unpaired) electrons. The first kappa shape index (κ1) is 27.1. The first-order chi connectivity index (χ1) is 18.2. The summed E-state index contributed by atoms with van der Waals surface area (Å²) in [6, 6.07) is 16.1. The van der Waals surface area contributed by atoms with Crippen molar-refractivity contribution in [2.45, 2.75) is 53.2 Å². The molecule has 0 spiro atoms. The van der Waals surface area contributed by atoms with Crippen molar-refractivity contribution < 1.29 is 9.53 Å². The predicted octanol–water partition coefficient (Wildman–Crippen LogP) is 4.33. The molecule has 2 N–H and O–H groups in total. The highest BCUT2D eigenvalue weighted by Crippen LogP contribution is 2.31. The number of primary amides is 1. The number of hydrogen-bond donors (Lipinski definition) is 1. The molecule has 38 heavy (non-hydrogen) atoms. The number of anilines is 1. The van der Waals surface area contributed by atoms with Gasteiger partial charge in [0.25, 0.3) is 0 Å². The summed E-state index contributed by atoms with van der Waals surface area (Å²) >= 11 is 0. The summed E-state index contributed by atoms with van der Waals surface area (Å²) in [5.74, 6) is 2.23. The standard InChI is InChI=1S/C30H36N6O2/c1-19(2)23-11-10-20(3)27(14-23)38-18-26-22(5)33-29(25-9-7-6-8-24(25)15-31)34-30(26)36-13-12-35(17-28(32)37)21(4)16-36/h6-11,14,19,21H,12-13,16-18H2,1-5H3,(H2,32,37)/t21-/m1/s1. The molecule has 8 heteroatoms. The summed E-state index contributed by atoms with van der Waals surface area (Å²) < 4.78 is 6.39. The highest BCUT2D eigenvalue weighted by atomic mass is 16.5. The van der Waals surface area contributed by atoms with Crippen molar-refractivity contribution in [1.29, 1.82) is 5.26 Å². The third kappa shape index (κ3) is 5.95. The Morgan fingerprint density at radius 3 is 2.63 bits per heavy atom. The Labute approximate surface area is 225 Å². The van der Waals surface area contributed by atoms with Gasteiger partial charge in [-0.15, -0.1) is 0 Å². The Balaban J connectivity index is 1.72. The van der Waals surface area contributed by atoms with Crippen LogP contribution in [0.4, 0.5) is 5.82 Å². The minimum Gasteiger partial charge on any atom is -0.488 e. The van der Waals surface area contributed by atoms with Crippen LogP contribution in [0.3, 0.4) is 0 Å². The molecule has 0 aliphatic carbocycles. The quantitative estimate of drug-likeness (QED) is 0.478. The fourth-order valence-corrected chi connectivity index (χ4v) is 4.81. The van der Waals surface area contributed by atoms with Crippen LogP contribution in [0.2, 0.25) is 0 Å². The molecular weight excluding hydrogens is 476 g/mol. The zero-order valence-electron chi connectivity index (χ0n) is 22.9. The van der Waals surface area contributed by atoms with Crippen LogP contribution < -0.4 is 15.4 Å². The normalized spacial score (nSPS) is 15.9. The molecule has 1 atom stereocenters. The highest BCUT2D eigenvalue weighted by molar-refractivity contribution is 5.76. The van der Waals surface area contributed by atoms with Gasteiger partial charge in [0.05, 0.1) is 29.4 Å².